The minimum absolute atomic E-state index is 0.128. The summed E-state index contributed by atoms with van der Waals surface area (Å²) < 4.78 is 17.1. The van der Waals surface area contributed by atoms with Gasteiger partial charge in [0, 0.05) is 18.4 Å². The van der Waals surface area contributed by atoms with E-state index in [4.69, 9.17) is 30.3 Å². The Balaban J connectivity index is 1.83. The molecule has 10 nitrogen and oxygen atoms in total. The quantitative estimate of drug-likeness (QED) is 0.198. The number of nitrogens with two attached hydrogens (primary N) is 1. The molecule has 39 heavy (non-hydrogen) atoms. The third-order valence-electron chi connectivity index (χ3n) is 5.38. The van der Waals surface area contributed by atoms with Crippen LogP contribution in [0.25, 0.3) is 0 Å². The average molecular weight is 531 g/mol. The summed E-state index contributed by atoms with van der Waals surface area (Å²) in [6.07, 6.45) is 0.268. The molecule has 0 aliphatic carbocycles. The zero-order valence-corrected chi connectivity index (χ0v) is 21.4. The van der Waals surface area contributed by atoms with Crippen LogP contribution in [0, 0.1) is 11.3 Å². The second-order valence-electron chi connectivity index (χ2n) is 8.14. The molecule has 3 aromatic carbocycles. The van der Waals surface area contributed by atoms with Gasteiger partial charge >= 0.3 is 6.09 Å². The van der Waals surface area contributed by atoms with Crippen molar-refractivity contribution < 1.29 is 28.9 Å². The molecule has 2 amide bonds. The fourth-order valence-corrected chi connectivity index (χ4v) is 3.54. The van der Waals surface area contributed by atoms with E-state index in [-0.39, 0.29) is 19.8 Å². The highest BCUT2D eigenvalue weighted by molar-refractivity contribution is 6.01. The van der Waals surface area contributed by atoms with E-state index in [0.29, 0.717) is 33.9 Å². The number of rotatable bonds is 12. The number of ether oxygens (including phenoxy) is 3. The van der Waals surface area contributed by atoms with Gasteiger partial charge in [0.15, 0.2) is 6.10 Å². The number of aliphatic hydroxyl groups excluding tert-OH is 1. The van der Waals surface area contributed by atoms with E-state index in [1.54, 1.807) is 79.7 Å². The molecule has 0 aliphatic heterocycles. The third-order valence-corrected chi connectivity index (χ3v) is 5.38. The van der Waals surface area contributed by atoms with Gasteiger partial charge in [0.05, 0.1) is 29.6 Å². The predicted molar refractivity (Wildman–Crippen MR) is 147 cm³/mol. The fourth-order valence-electron chi connectivity index (χ4n) is 3.54. The van der Waals surface area contributed by atoms with Crippen LogP contribution >= 0.6 is 0 Å². The lowest BCUT2D eigenvalue weighted by atomic mass is 10.0. The number of carbonyl (C=O) groups is 2. The van der Waals surface area contributed by atoms with Crippen molar-refractivity contribution in [3.8, 4) is 11.8 Å². The maximum Gasteiger partial charge on any atom is 0.412 e. The number of nitrogen functional groups attached to an aromatic ring is 1. The lowest BCUT2D eigenvalue weighted by Gasteiger charge is -2.25. The monoisotopic (exact) mass is 530 g/mol. The molecule has 0 aliphatic rings. The Morgan fingerprint density at radius 3 is 2.41 bits per heavy atom. The minimum atomic E-state index is -0.943. The van der Waals surface area contributed by atoms with Crippen LogP contribution in [0.3, 0.4) is 0 Å². The van der Waals surface area contributed by atoms with Gasteiger partial charge in [-0.25, -0.2) is 4.79 Å². The number of amides is 2. The van der Waals surface area contributed by atoms with Crippen LogP contribution in [0.4, 0.5) is 21.9 Å². The summed E-state index contributed by atoms with van der Waals surface area (Å²) in [6, 6.07) is 22.0. The van der Waals surface area contributed by atoms with Gasteiger partial charge in [0.2, 0.25) is 5.91 Å². The van der Waals surface area contributed by atoms with Crippen LogP contribution in [0.1, 0.15) is 24.2 Å². The van der Waals surface area contributed by atoms with Gasteiger partial charge in [-0.2, -0.15) is 5.26 Å². The highest BCUT2D eigenvalue weighted by Crippen LogP contribution is 2.28. The number of nitrogens with zero attached hydrogens (tertiary/aromatic N) is 1. The summed E-state index contributed by atoms with van der Waals surface area (Å²) in [5.41, 5.74) is 8.26. The molecular formula is C29H30N4O6. The Labute approximate surface area is 226 Å². The molecule has 0 heterocycles. The van der Waals surface area contributed by atoms with Crippen molar-refractivity contribution in [1.82, 2.24) is 0 Å². The first kappa shape index (κ1) is 28.7. The number of hydrogen-bond acceptors (Lipinski definition) is 8. The first-order valence-electron chi connectivity index (χ1n) is 12.2. The van der Waals surface area contributed by atoms with Crippen LogP contribution in [0.2, 0.25) is 0 Å². The van der Waals surface area contributed by atoms with Crippen molar-refractivity contribution in [2.75, 3.05) is 36.2 Å². The molecule has 5 N–H and O–H groups in total. The first-order chi connectivity index (χ1) is 18.9. The molecule has 3 aromatic rings. The number of carbonyl (C=O) groups excluding carboxylic acids is 2. The molecule has 3 rings (SSSR count). The highest BCUT2D eigenvalue weighted by atomic mass is 16.6. The molecular weight excluding hydrogens is 500 g/mol. The number of hydrogen-bond donors (Lipinski definition) is 4. The van der Waals surface area contributed by atoms with Crippen molar-refractivity contribution in [1.29, 1.82) is 5.26 Å². The van der Waals surface area contributed by atoms with E-state index in [1.165, 1.54) is 12.2 Å². The van der Waals surface area contributed by atoms with Gasteiger partial charge in [0.1, 0.15) is 18.5 Å². The molecule has 0 spiro atoms. The van der Waals surface area contributed by atoms with Gasteiger partial charge in [-0.1, -0.05) is 24.3 Å². The second kappa shape index (κ2) is 14.8. The molecule has 202 valence electrons. The van der Waals surface area contributed by atoms with Gasteiger partial charge in [0.25, 0.3) is 0 Å². The standard InChI is InChI=1S/C29H30N4O6/c1-2-37-26(15-16-27(35)33-25-6-4-3-5-24(25)31)28(21-9-13-23(14-10-21)38-18-17-34)39-29(36)32-22-11-7-20(19-30)8-12-22/h3-16,26,28,34H,2,17-18,31H2,1H3,(H,32,36)(H,33,35)/b16-15+/t26-,28-/m0/s1. The summed E-state index contributed by atoms with van der Waals surface area (Å²) in [6.45, 7) is 2.07. The lowest BCUT2D eigenvalue weighted by Crippen LogP contribution is -2.28. The van der Waals surface area contributed by atoms with Crippen LogP contribution in [-0.2, 0) is 14.3 Å². The predicted octanol–water partition coefficient (Wildman–Crippen LogP) is 4.40. The fraction of sp³-hybridized carbons (Fsp3) is 0.207. The number of aliphatic hydroxyl groups is 1. The first-order valence-corrected chi connectivity index (χ1v) is 12.2. The summed E-state index contributed by atoms with van der Waals surface area (Å²) in [7, 11) is 0. The van der Waals surface area contributed by atoms with E-state index in [1.807, 2.05) is 6.07 Å². The molecule has 2 atom stereocenters. The molecule has 0 saturated carbocycles. The number of nitriles is 1. The highest BCUT2D eigenvalue weighted by Gasteiger charge is 2.26. The molecule has 0 radical (unpaired) electrons. The third kappa shape index (κ3) is 8.89. The second-order valence-corrected chi connectivity index (χ2v) is 8.14. The summed E-state index contributed by atoms with van der Waals surface area (Å²) in [4.78, 5) is 25.5. The minimum Gasteiger partial charge on any atom is -0.491 e. The van der Waals surface area contributed by atoms with E-state index >= 15 is 0 Å². The Kier molecular flexibility index (Phi) is 10.9. The Morgan fingerprint density at radius 2 is 1.77 bits per heavy atom. The number of nitrogens with one attached hydrogen (secondary N) is 2. The SMILES string of the molecule is CCO[C@@H](/C=C/C(=O)Nc1ccccc1N)[C@@H](OC(=O)Nc1ccc(C#N)cc1)c1ccc(OCCO)cc1. The summed E-state index contributed by atoms with van der Waals surface area (Å²) >= 11 is 0. The average Bonchev–Trinajstić information content (AvgIpc) is 2.95. The Bertz CT molecular complexity index is 1300. The van der Waals surface area contributed by atoms with E-state index in [0.717, 1.165) is 0 Å². The van der Waals surface area contributed by atoms with Crippen molar-refractivity contribution in [2.24, 2.45) is 0 Å². The van der Waals surface area contributed by atoms with Crippen molar-refractivity contribution in [2.45, 2.75) is 19.1 Å². The van der Waals surface area contributed by atoms with Crippen molar-refractivity contribution in [3.05, 3.63) is 96.1 Å². The molecule has 0 bridgehead atoms. The van der Waals surface area contributed by atoms with E-state index in [9.17, 15) is 9.59 Å². The van der Waals surface area contributed by atoms with Gasteiger partial charge in [-0.05, 0) is 67.1 Å². The topological polar surface area (TPSA) is 156 Å². The molecule has 0 unspecified atom stereocenters. The number of para-hydroxylation sites is 2. The Morgan fingerprint density at radius 1 is 1.05 bits per heavy atom. The normalized spacial score (nSPS) is 12.2. The van der Waals surface area contributed by atoms with Crippen LogP contribution in [0.5, 0.6) is 5.75 Å². The zero-order chi connectivity index (χ0) is 28.0. The van der Waals surface area contributed by atoms with Crippen LogP contribution < -0.4 is 21.1 Å². The van der Waals surface area contributed by atoms with Crippen LogP contribution in [0.15, 0.2) is 84.9 Å². The summed E-state index contributed by atoms with van der Waals surface area (Å²) in [5.74, 6) is 0.0862. The molecule has 10 heteroatoms. The van der Waals surface area contributed by atoms with E-state index < -0.39 is 24.2 Å². The number of anilines is 3. The van der Waals surface area contributed by atoms with Crippen molar-refractivity contribution >= 4 is 29.1 Å². The van der Waals surface area contributed by atoms with E-state index in [2.05, 4.69) is 10.6 Å². The van der Waals surface area contributed by atoms with Crippen molar-refractivity contribution in [3.63, 3.8) is 0 Å². The Hall–Kier alpha value is -4.85. The lowest BCUT2D eigenvalue weighted by molar-refractivity contribution is -0.112. The largest absolute Gasteiger partial charge is 0.491 e. The van der Waals surface area contributed by atoms with Crippen LogP contribution in [-0.4, -0.2) is 43.0 Å². The van der Waals surface area contributed by atoms with Gasteiger partial charge < -0.3 is 30.4 Å². The maximum atomic E-state index is 12.9. The molecule has 0 saturated heterocycles. The zero-order valence-electron chi connectivity index (χ0n) is 21.4. The molecule has 0 aromatic heterocycles. The van der Waals surface area contributed by atoms with Gasteiger partial charge in [-0.3, -0.25) is 10.1 Å². The smallest absolute Gasteiger partial charge is 0.412 e. The number of benzene rings is 3. The van der Waals surface area contributed by atoms with Gasteiger partial charge in [-0.15, -0.1) is 0 Å². The summed E-state index contributed by atoms with van der Waals surface area (Å²) in [5, 5.41) is 23.3. The maximum absolute atomic E-state index is 12.9. The molecule has 0 fully saturated rings.